The number of benzene rings is 2. The van der Waals surface area contributed by atoms with E-state index in [1.807, 2.05) is 30.3 Å². The van der Waals surface area contributed by atoms with Crippen molar-refractivity contribution in [2.24, 2.45) is 0 Å². The van der Waals surface area contributed by atoms with E-state index in [2.05, 4.69) is 20.4 Å². The lowest BCUT2D eigenvalue weighted by atomic mass is 10.2. The van der Waals surface area contributed by atoms with Crippen LogP contribution in [0.15, 0.2) is 70.6 Å². The molecule has 0 atom stereocenters. The van der Waals surface area contributed by atoms with Crippen LogP contribution in [0.1, 0.15) is 0 Å². The molecule has 0 bridgehead atoms. The summed E-state index contributed by atoms with van der Waals surface area (Å²) in [5, 5.41) is 5.53. The number of halogens is 1. The summed E-state index contributed by atoms with van der Waals surface area (Å²) < 4.78 is 15.1. The number of para-hydroxylation sites is 1. The predicted octanol–water partition coefficient (Wildman–Crippen LogP) is 2.95. The number of H-pyrrole nitrogens is 1. The highest BCUT2D eigenvalue weighted by Gasteiger charge is 2.14. The third-order valence-electron chi connectivity index (χ3n) is 3.84. The zero-order valence-corrected chi connectivity index (χ0v) is 15.2. The van der Waals surface area contributed by atoms with Gasteiger partial charge in [-0.3, -0.25) is 14.7 Å². The molecule has 0 saturated carbocycles. The number of carbonyl (C=O) groups is 1. The molecule has 2 heterocycles. The Labute approximate surface area is 162 Å². The monoisotopic (exact) mass is 395 g/mol. The van der Waals surface area contributed by atoms with Gasteiger partial charge in [0.05, 0.1) is 11.4 Å². The number of amides is 1. The molecule has 2 aromatic heterocycles. The van der Waals surface area contributed by atoms with Gasteiger partial charge in [-0.15, -0.1) is 0 Å². The Bertz CT molecular complexity index is 1210. The number of nitrogens with zero attached hydrogens (tertiary/aromatic N) is 3. The highest BCUT2D eigenvalue weighted by atomic mass is 32.2. The average molecular weight is 395 g/mol. The van der Waals surface area contributed by atoms with Gasteiger partial charge in [0.2, 0.25) is 5.91 Å². The molecule has 1 amide bonds. The quantitative estimate of drug-likeness (QED) is 0.507. The van der Waals surface area contributed by atoms with E-state index in [-0.39, 0.29) is 17.0 Å². The van der Waals surface area contributed by atoms with E-state index in [9.17, 15) is 14.0 Å². The normalized spacial score (nSPS) is 10.9. The first-order valence-electron chi connectivity index (χ1n) is 8.32. The molecule has 0 saturated heterocycles. The molecule has 2 aromatic carbocycles. The van der Waals surface area contributed by atoms with Gasteiger partial charge in [0.1, 0.15) is 5.82 Å². The van der Waals surface area contributed by atoms with E-state index < -0.39 is 11.7 Å². The van der Waals surface area contributed by atoms with E-state index in [1.54, 1.807) is 12.1 Å². The number of nitrogens with one attached hydrogen (secondary N) is 2. The van der Waals surface area contributed by atoms with Gasteiger partial charge in [-0.05, 0) is 12.1 Å². The maximum atomic E-state index is 13.7. The van der Waals surface area contributed by atoms with Crippen molar-refractivity contribution in [3.8, 4) is 11.4 Å². The molecule has 7 nitrogen and oxygen atoms in total. The van der Waals surface area contributed by atoms with Crippen molar-refractivity contribution in [3.63, 3.8) is 0 Å². The predicted molar refractivity (Wildman–Crippen MR) is 105 cm³/mol. The molecule has 140 valence electrons. The van der Waals surface area contributed by atoms with Crippen LogP contribution in [0.2, 0.25) is 0 Å². The summed E-state index contributed by atoms with van der Waals surface area (Å²) in [5.74, 6) is -0.477. The van der Waals surface area contributed by atoms with Gasteiger partial charge in [-0.2, -0.15) is 0 Å². The Hall–Kier alpha value is -3.46. The first kappa shape index (κ1) is 17.9. The lowest BCUT2D eigenvalue weighted by Gasteiger charge is -2.08. The summed E-state index contributed by atoms with van der Waals surface area (Å²) in [6, 6.07) is 16.6. The second-order valence-corrected chi connectivity index (χ2v) is 6.77. The summed E-state index contributed by atoms with van der Waals surface area (Å²) in [5.41, 5.74) is 0.977. The summed E-state index contributed by atoms with van der Waals surface area (Å²) in [6.07, 6.45) is 0. The summed E-state index contributed by atoms with van der Waals surface area (Å²) in [6.45, 7) is 0. The van der Waals surface area contributed by atoms with E-state index in [0.717, 1.165) is 17.3 Å². The summed E-state index contributed by atoms with van der Waals surface area (Å²) in [4.78, 5) is 32.8. The average Bonchev–Trinajstić information content (AvgIpc) is 3.09. The molecular formula is C19H14FN5O2S. The van der Waals surface area contributed by atoms with E-state index >= 15 is 0 Å². The number of aromatic amines is 1. The van der Waals surface area contributed by atoms with Crippen molar-refractivity contribution in [1.82, 2.24) is 19.6 Å². The number of carbonyl (C=O) groups excluding carboxylic acids is 1. The lowest BCUT2D eigenvalue weighted by Crippen LogP contribution is -2.16. The highest BCUT2D eigenvalue weighted by Crippen LogP contribution is 2.22. The Kier molecular flexibility index (Phi) is 4.90. The molecule has 4 aromatic rings. The van der Waals surface area contributed by atoms with Crippen LogP contribution in [0.3, 0.4) is 0 Å². The van der Waals surface area contributed by atoms with Crippen molar-refractivity contribution >= 4 is 29.0 Å². The van der Waals surface area contributed by atoms with E-state index in [4.69, 9.17) is 0 Å². The smallest absolute Gasteiger partial charge is 0.266 e. The minimum absolute atomic E-state index is 0.0190. The largest absolute Gasteiger partial charge is 0.323 e. The molecule has 0 radical (unpaired) electrons. The molecule has 0 aliphatic heterocycles. The van der Waals surface area contributed by atoms with Gasteiger partial charge in [0.15, 0.2) is 16.6 Å². The highest BCUT2D eigenvalue weighted by molar-refractivity contribution is 7.99. The molecular weight excluding hydrogens is 381 g/mol. The topological polar surface area (TPSA) is 92.2 Å². The maximum absolute atomic E-state index is 13.7. The zero-order valence-electron chi connectivity index (χ0n) is 14.4. The Balaban J connectivity index is 1.60. The SMILES string of the molecule is O=C(CSc1nc(-c2ccccc2)nc2cc(=O)[nH]n12)Nc1ccccc1F. The third kappa shape index (κ3) is 3.79. The molecule has 0 aliphatic rings. The third-order valence-corrected chi connectivity index (χ3v) is 4.78. The molecule has 0 fully saturated rings. The van der Waals surface area contributed by atoms with Crippen LogP contribution in [0.25, 0.3) is 17.0 Å². The van der Waals surface area contributed by atoms with Crippen LogP contribution in [0.4, 0.5) is 10.1 Å². The fourth-order valence-corrected chi connectivity index (χ4v) is 3.33. The van der Waals surface area contributed by atoms with Crippen LogP contribution in [0, 0.1) is 5.82 Å². The summed E-state index contributed by atoms with van der Waals surface area (Å²) >= 11 is 1.11. The van der Waals surface area contributed by atoms with Crippen LogP contribution >= 0.6 is 11.8 Å². The van der Waals surface area contributed by atoms with Crippen LogP contribution in [-0.4, -0.2) is 31.2 Å². The fourth-order valence-electron chi connectivity index (χ4n) is 2.58. The second-order valence-electron chi connectivity index (χ2n) is 5.83. The number of hydrogen-bond acceptors (Lipinski definition) is 5. The molecule has 28 heavy (non-hydrogen) atoms. The van der Waals surface area contributed by atoms with Crippen LogP contribution in [-0.2, 0) is 4.79 Å². The fraction of sp³-hybridized carbons (Fsp3) is 0.0526. The van der Waals surface area contributed by atoms with Crippen molar-refractivity contribution in [3.05, 3.63) is 76.8 Å². The number of anilines is 1. The second kappa shape index (κ2) is 7.65. The first-order valence-corrected chi connectivity index (χ1v) is 9.31. The number of aromatic nitrogens is 4. The Morgan fingerprint density at radius 2 is 1.86 bits per heavy atom. The van der Waals surface area contributed by atoms with Crippen LogP contribution < -0.4 is 10.9 Å². The number of fused-ring (bicyclic) bond motifs is 1. The molecule has 9 heteroatoms. The lowest BCUT2D eigenvalue weighted by molar-refractivity contribution is -0.113. The van der Waals surface area contributed by atoms with Gasteiger partial charge in [0, 0.05) is 11.6 Å². The van der Waals surface area contributed by atoms with Crippen molar-refractivity contribution < 1.29 is 9.18 Å². The molecule has 0 aliphatic carbocycles. The zero-order chi connectivity index (χ0) is 19.5. The van der Waals surface area contributed by atoms with Gasteiger partial charge < -0.3 is 5.32 Å². The maximum Gasteiger partial charge on any atom is 0.266 e. The van der Waals surface area contributed by atoms with Crippen molar-refractivity contribution in [2.45, 2.75) is 5.16 Å². The minimum atomic E-state index is -0.508. The van der Waals surface area contributed by atoms with Crippen molar-refractivity contribution in [1.29, 1.82) is 0 Å². The van der Waals surface area contributed by atoms with E-state index in [1.165, 1.54) is 22.7 Å². The van der Waals surface area contributed by atoms with Crippen molar-refractivity contribution in [2.75, 3.05) is 11.1 Å². The van der Waals surface area contributed by atoms with Gasteiger partial charge in [0.25, 0.3) is 5.56 Å². The number of hydrogen-bond donors (Lipinski definition) is 2. The molecule has 0 spiro atoms. The molecule has 2 N–H and O–H groups in total. The first-order chi connectivity index (χ1) is 13.6. The number of thioether (sulfide) groups is 1. The van der Waals surface area contributed by atoms with Gasteiger partial charge >= 0.3 is 0 Å². The number of rotatable bonds is 5. The van der Waals surface area contributed by atoms with Crippen LogP contribution in [0.5, 0.6) is 0 Å². The Morgan fingerprint density at radius 1 is 1.11 bits per heavy atom. The van der Waals surface area contributed by atoms with Gasteiger partial charge in [-0.1, -0.05) is 54.2 Å². The molecule has 4 rings (SSSR count). The minimum Gasteiger partial charge on any atom is -0.323 e. The van der Waals surface area contributed by atoms with Gasteiger partial charge in [-0.25, -0.2) is 18.9 Å². The van der Waals surface area contributed by atoms with E-state index in [0.29, 0.717) is 16.6 Å². The summed E-state index contributed by atoms with van der Waals surface area (Å²) in [7, 11) is 0. The Morgan fingerprint density at radius 3 is 2.64 bits per heavy atom. The molecule has 0 unspecified atom stereocenters. The standard InChI is InChI=1S/C19H14FN5O2S/c20-13-8-4-5-9-14(13)21-17(27)11-28-19-23-18(12-6-2-1-3-7-12)22-15-10-16(26)24-25(15)19/h1-10H,11H2,(H,21,27)(H,24,26).